The van der Waals surface area contributed by atoms with Crippen molar-refractivity contribution in [3.05, 3.63) is 29.3 Å². The molecule has 0 aliphatic rings. The average Bonchev–Trinajstić information content (AvgIpc) is 2.12. The molecular weight excluding hydrogens is 208 g/mol. The van der Waals surface area contributed by atoms with Crippen molar-refractivity contribution >= 4 is 5.97 Å². The Morgan fingerprint density at radius 3 is 2.44 bits per heavy atom. The minimum Gasteiger partial charge on any atom is -0.545 e. The van der Waals surface area contributed by atoms with E-state index in [0.717, 1.165) is 0 Å². The minimum absolute atomic E-state index is 0.0201. The van der Waals surface area contributed by atoms with Crippen LogP contribution in [0.25, 0.3) is 0 Å². The van der Waals surface area contributed by atoms with Gasteiger partial charge in [0.25, 0.3) is 0 Å². The molecule has 4 nitrogen and oxygen atoms in total. The van der Waals surface area contributed by atoms with E-state index in [9.17, 15) is 9.90 Å². The molecule has 0 unspecified atom stereocenters. The van der Waals surface area contributed by atoms with Gasteiger partial charge < -0.3 is 14.8 Å². The zero-order valence-electron chi connectivity index (χ0n) is 9.87. The molecule has 0 atom stereocenters. The van der Waals surface area contributed by atoms with Gasteiger partial charge in [-0.2, -0.15) is 4.89 Å². The van der Waals surface area contributed by atoms with Gasteiger partial charge >= 0.3 is 0 Å². The maximum absolute atomic E-state index is 10.9. The van der Waals surface area contributed by atoms with Crippen molar-refractivity contribution in [3.63, 3.8) is 0 Å². The van der Waals surface area contributed by atoms with Gasteiger partial charge in [0.15, 0.2) is 5.75 Å². The first-order valence-corrected chi connectivity index (χ1v) is 4.98. The van der Waals surface area contributed by atoms with Crippen LogP contribution in [-0.4, -0.2) is 11.6 Å². The van der Waals surface area contributed by atoms with E-state index in [4.69, 9.17) is 9.78 Å². The van der Waals surface area contributed by atoms with Gasteiger partial charge in [0.1, 0.15) is 5.60 Å². The molecule has 16 heavy (non-hydrogen) atoms. The summed E-state index contributed by atoms with van der Waals surface area (Å²) >= 11 is 0. The summed E-state index contributed by atoms with van der Waals surface area (Å²) in [6.45, 7) is 7.10. The van der Waals surface area contributed by atoms with Crippen molar-refractivity contribution < 1.29 is 19.7 Å². The van der Waals surface area contributed by atoms with E-state index in [0.29, 0.717) is 5.56 Å². The molecule has 0 bridgehead atoms. The largest absolute Gasteiger partial charge is 0.545 e. The zero-order valence-corrected chi connectivity index (χ0v) is 9.87. The van der Waals surface area contributed by atoms with Crippen molar-refractivity contribution in [3.8, 4) is 5.75 Å². The summed E-state index contributed by atoms with van der Waals surface area (Å²) in [5.41, 5.74) is 0.0919. The van der Waals surface area contributed by atoms with Gasteiger partial charge in [-0.1, -0.05) is 12.1 Å². The summed E-state index contributed by atoms with van der Waals surface area (Å²) in [5.74, 6) is -1.11. The first kappa shape index (κ1) is 12.5. The molecule has 0 heterocycles. The Bertz CT molecular complexity index is 390. The maximum atomic E-state index is 10.9. The van der Waals surface area contributed by atoms with E-state index in [1.54, 1.807) is 19.1 Å². The zero-order chi connectivity index (χ0) is 12.3. The van der Waals surface area contributed by atoms with Gasteiger partial charge in [-0.05, 0) is 39.3 Å². The van der Waals surface area contributed by atoms with E-state index in [2.05, 4.69) is 0 Å². The van der Waals surface area contributed by atoms with E-state index < -0.39 is 11.6 Å². The summed E-state index contributed by atoms with van der Waals surface area (Å²) in [6, 6.07) is 4.90. The summed E-state index contributed by atoms with van der Waals surface area (Å²) < 4.78 is 0. The summed E-state index contributed by atoms with van der Waals surface area (Å²) in [5, 5.41) is 10.9. The van der Waals surface area contributed by atoms with Crippen molar-refractivity contribution in [1.29, 1.82) is 0 Å². The fourth-order valence-corrected chi connectivity index (χ4v) is 1.14. The van der Waals surface area contributed by atoms with Gasteiger partial charge in [-0.3, -0.25) is 0 Å². The highest BCUT2D eigenvalue weighted by molar-refractivity contribution is 5.90. The second-order valence-electron chi connectivity index (χ2n) is 4.51. The lowest BCUT2D eigenvalue weighted by molar-refractivity contribution is -0.277. The third kappa shape index (κ3) is 3.24. The Kier molecular flexibility index (Phi) is 3.55. The van der Waals surface area contributed by atoms with E-state index in [1.165, 1.54) is 6.07 Å². The van der Waals surface area contributed by atoms with Crippen molar-refractivity contribution in [2.24, 2.45) is 0 Å². The van der Waals surface area contributed by atoms with Crippen LogP contribution in [0.5, 0.6) is 5.75 Å². The molecule has 0 saturated heterocycles. The second-order valence-corrected chi connectivity index (χ2v) is 4.51. The highest BCUT2D eigenvalue weighted by atomic mass is 17.2. The number of aryl methyl sites for hydroxylation is 1. The molecule has 0 amide bonds. The molecule has 0 aliphatic heterocycles. The standard InChI is InChI=1S/C12H16O4/c1-8-6-5-7-9(10(8)11(13)14)15-16-12(2,3)4/h5-7H,1-4H3,(H,13,14)/p-1. The Hall–Kier alpha value is -1.55. The van der Waals surface area contributed by atoms with Crippen molar-refractivity contribution in [2.45, 2.75) is 33.3 Å². The predicted octanol–water partition coefficient (Wildman–Crippen LogP) is 1.47. The molecule has 88 valence electrons. The number of carbonyl (C=O) groups is 1. The summed E-state index contributed by atoms with van der Waals surface area (Å²) in [7, 11) is 0. The Balaban J connectivity index is 2.96. The van der Waals surface area contributed by atoms with E-state index in [-0.39, 0.29) is 11.3 Å². The molecule has 0 N–H and O–H groups in total. The SMILES string of the molecule is Cc1cccc(OOC(C)(C)C)c1C(=O)[O-]. The van der Waals surface area contributed by atoms with E-state index in [1.807, 2.05) is 20.8 Å². The van der Waals surface area contributed by atoms with Crippen LogP contribution in [-0.2, 0) is 4.89 Å². The molecule has 0 aromatic heterocycles. The third-order valence-electron chi connectivity index (χ3n) is 1.82. The summed E-state index contributed by atoms with van der Waals surface area (Å²) in [4.78, 5) is 21.0. The monoisotopic (exact) mass is 223 g/mol. The normalized spacial score (nSPS) is 11.2. The number of hydrogen-bond acceptors (Lipinski definition) is 4. The van der Waals surface area contributed by atoms with Crippen LogP contribution in [0.3, 0.4) is 0 Å². The lowest BCUT2D eigenvalue weighted by Gasteiger charge is -2.20. The molecule has 0 radical (unpaired) electrons. The molecule has 1 aromatic rings. The number of hydrogen-bond donors (Lipinski definition) is 0. The maximum Gasteiger partial charge on any atom is 0.174 e. The molecule has 1 rings (SSSR count). The molecule has 0 fully saturated rings. The molecule has 1 aromatic carbocycles. The Labute approximate surface area is 94.7 Å². The molecule has 4 heteroatoms. The van der Waals surface area contributed by atoms with Crippen LogP contribution >= 0.6 is 0 Å². The van der Waals surface area contributed by atoms with Crippen LogP contribution in [0.4, 0.5) is 0 Å². The van der Waals surface area contributed by atoms with Crippen LogP contribution in [0.1, 0.15) is 36.7 Å². The highest BCUT2D eigenvalue weighted by Gasteiger charge is 2.15. The van der Waals surface area contributed by atoms with Crippen molar-refractivity contribution in [1.82, 2.24) is 0 Å². The van der Waals surface area contributed by atoms with Crippen molar-refractivity contribution in [2.75, 3.05) is 0 Å². The Morgan fingerprint density at radius 2 is 1.94 bits per heavy atom. The van der Waals surface area contributed by atoms with Crippen LogP contribution in [0.15, 0.2) is 18.2 Å². The fourth-order valence-electron chi connectivity index (χ4n) is 1.14. The number of carboxylic acids is 1. The topological polar surface area (TPSA) is 58.6 Å². The predicted molar refractivity (Wildman–Crippen MR) is 57.0 cm³/mol. The van der Waals surface area contributed by atoms with Gasteiger partial charge in [-0.25, -0.2) is 0 Å². The first-order valence-electron chi connectivity index (χ1n) is 4.98. The number of benzene rings is 1. The first-order chi connectivity index (χ1) is 7.31. The minimum atomic E-state index is -1.27. The number of rotatable bonds is 3. The lowest BCUT2D eigenvalue weighted by atomic mass is 10.1. The smallest absolute Gasteiger partial charge is 0.174 e. The quantitative estimate of drug-likeness (QED) is 0.575. The number of carbonyl (C=O) groups excluding carboxylic acids is 1. The van der Waals surface area contributed by atoms with Gasteiger partial charge in [0, 0.05) is 5.56 Å². The average molecular weight is 223 g/mol. The second kappa shape index (κ2) is 4.53. The van der Waals surface area contributed by atoms with Crippen LogP contribution in [0, 0.1) is 6.92 Å². The van der Waals surface area contributed by atoms with Crippen LogP contribution < -0.4 is 9.99 Å². The number of carboxylic acid groups (broad SMARTS) is 1. The lowest BCUT2D eigenvalue weighted by Crippen LogP contribution is -2.26. The van der Waals surface area contributed by atoms with Gasteiger partial charge in [-0.15, -0.1) is 0 Å². The molecule has 0 saturated carbocycles. The van der Waals surface area contributed by atoms with Gasteiger partial charge in [0.05, 0.1) is 5.97 Å². The third-order valence-corrected chi connectivity index (χ3v) is 1.82. The fraction of sp³-hybridized carbons (Fsp3) is 0.417. The Morgan fingerprint density at radius 1 is 1.31 bits per heavy atom. The molecule has 0 spiro atoms. The molecular formula is C12H15O4-. The molecule has 0 aliphatic carbocycles. The van der Waals surface area contributed by atoms with Gasteiger partial charge in [0.2, 0.25) is 0 Å². The van der Waals surface area contributed by atoms with Crippen LogP contribution in [0.2, 0.25) is 0 Å². The van der Waals surface area contributed by atoms with E-state index >= 15 is 0 Å². The number of aromatic carboxylic acids is 1. The highest BCUT2D eigenvalue weighted by Crippen LogP contribution is 2.23. The summed E-state index contributed by atoms with van der Waals surface area (Å²) in [6.07, 6.45) is 0.